The Morgan fingerprint density at radius 3 is 2.58 bits per heavy atom. The van der Waals surface area contributed by atoms with Gasteiger partial charge in [-0.3, -0.25) is 0 Å². The Morgan fingerprint density at radius 1 is 1.32 bits per heavy atom. The van der Waals surface area contributed by atoms with Gasteiger partial charge in [0.25, 0.3) is 0 Å². The molecule has 0 aliphatic carbocycles. The molecule has 9 heteroatoms. The van der Waals surface area contributed by atoms with Crippen molar-refractivity contribution in [3.05, 3.63) is 21.9 Å². The molecule has 1 aromatic carbocycles. The van der Waals surface area contributed by atoms with Gasteiger partial charge in [-0.25, -0.2) is 4.98 Å². The first kappa shape index (κ1) is 14.2. The average Bonchev–Trinajstić information content (AvgIpc) is 2.74. The van der Waals surface area contributed by atoms with Crippen LogP contribution in [0.25, 0.3) is 11.0 Å². The van der Waals surface area contributed by atoms with Crippen molar-refractivity contribution in [2.75, 3.05) is 0 Å². The quantitative estimate of drug-likeness (QED) is 0.680. The van der Waals surface area contributed by atoms with Crippen molar-refractivity contribution in [3.63, 3.8) is 0 Å². The van der Waals surface area contributed by atoms with E-state index in [4.69, 9.17) is 23.2 Å². The maximum absolute atomic E-state index is 11.9. The Balaban J connectivity index is 2.42. The van der Waals surface area contributed by atoms with Crippen molar-refractivity contribution in [1.82, 2.24) is 9.97 Å². The smallest absolute Gasteiger partial charge is 0.342 e. The third-order valence-corrected chi connectivity index (χ3v) is 3.07. The van der Waals surface area contributed by atoms with Gasteiger partial charge < -0.3 is 9.87 Å². The fourth-order valence-electron chi connectivity index (χ4n) is 1.44. The third-order valence-electron chi connectivity index (χ3n) is 2.23. The Labute approximate surface area is 115 Å². The normalized spacial score (nSPS) is 12.1. The van der Waals surface area contributed by atoms with Gasteiger partial charge in [0.1, 0.15) is 16.4 Å². The lowest BCUT2D eigenvalue weighted by Crippen LogP contribution is -2.16. The first-order valence-electron chi connectivity index (χ1n) is 5.11. The number of hydrogen-bond donors (Lipinski definition) is 1. The minimum atomic E-state index is -4.94. The summed E-state index contributed by atoms with van der Waals surface area (Å²) in [5.74, 6) is 0.282. The first-order valence-corrected chi connectivity index (χ1v) is 5.86. The number of nitrogens with one attached hydrogen (secondary N) is 1. The fraction of sp³-hybridized carbons (Fsp3) is 0.300. The van der Waals surface area contributed by atoms with Gasteiger partial charge in [0.2, 0.25) is 0 Å². The number of alkyl halides is 3. The number of imidazole rings is 1. The van der Waals surface area contributed by atoms with E-state index < -0.39 is 6.36 Å². The van der Waals surface area contributed by atoms with Gasteiger partial charge in [-0.05, 0) is 0 Å². The van der Waals surface area contributed by atoms with E-state index in [2.05, 4.69) is 19.7 Å². The van der Waals surface area contributed by atoms with Crippen molar-refractivity contribution < 1.29 is 22.9 Å². The van der Waals surface area contributed by atoms with Crippen molar-refractivity contribution >= 4 is 34.2 Å². The van der Waals surface area contributed by atoms with Gasteiger partial charge in [0.15, 0.2) is 5.75 Å². The molecule has 0 aliphatic rings. The number of aromatic amines is 1. The third kappa shape index (κ3) is 3.05. The van der Waals surface area contributed by atoms with E-state index in [0.29, 0.717) is 23.3 Å². The van der Waals surface area contributed by atoms with Crippen LogP contribution in [0, 0.1) is 0 Å². The molecule has 0 atom stereocenters. The number of rotatable bonds is 3. The minimum absolute atomic E-state index is 0.00380. The van der Waals surface area contributed by atoms with Crippen LogP contribution in [0.15, 0.2) is 6.07 Å². The summed E-state index contributed by atoms with van der Waals surface area (Å²) < 4.78 is 35.7. The summed E-state index contributed by atoms with van der Waals surface area (Å²) in [6.45, 7) is 1.86. The summed E-state index contributed by atoms with van der Waals surface area (Å²) in [4.78, 5) is 14.4. The molecule has 19 heavy (non-hydrogen) atoms. The van der Waals surface area contributed by atoms with Crippen LogP contribution in [0.5, 0.6) is 5.75 Å². The predicted molar refractivity (Wildman–Crippen MR) is 63.3 cm³/mol. The molecule has 0 saturated carbocycles. The summed E-state index contributed by atoms with van der Waals surface area (Å²) >= 11 is 11.7. The topological polar surface area (TPSA) is 47.1 Å². The molecule has 2 rings (SSSR count). The molecular weight excluding hydrogens is 308 g/mol. The second-order valence-corrected chi connectivity index (χ2v) is 4.30. The van der Waals surface area contributed by atoms with Gasteiger partial charge in [-0.2, -0.15) is 0 Å². The van der Waals surface area contributed by atoms with Gasteiger partial charge in [-0.15, -0.1) is 13.2 Å². The van der Waals surface area contributed by atoms with E-state index in [1.165, 1.54) is 6.07 Å². The highest BCUT2D eigenvalue weighted by Crippen LogP contribution is 2.38. The monoisotopic (exact) mass is 314 g/mol. The molecule has 1 heterocycles. The molecule has 2 aromatic rings. The SMILES string of the molecule is CCc1nc2c(Cl)c(Cl)c(OOC(F)(F)F)cc2[nH]1. The summed E-state index contributed by atoms with van der Waals surface area (Å²) in [7, 11) is 0. The number of benzene rings is 1. The van der Waals surface area contributed by atoms with Gasteiger partial charge in [0, 0.05) is 12.5 Å². The number of halogens is 5. The number of H-pyrrole nitrogens is 1. The number of aromatic nitrogens is 2. The second-order valence-electron chi connectivity index (χ2n) is 3.55. The molecule has 0 saturated heterocycles. The molecule has 0 aliphatic heterocycles. The van der Waals surface area contributed by atoms with Crippen molar-refractivity contribution in [3.8, 4) is 5.75 Å². The van der Waals surface area contributed by atoms with E-state index in [1.54, 1.807) is 0 Å². The van der Waals surface area contributed by atoms with Crippen LogP contribution < -0.4 is 4.89 Å². The molecule has 0 radical (unpaired) electrons. The van der Waals surface area contributed by atoms with Crippen LogP contribution in [0.3, 0.4) is 0 Å². The van der Waals surface area contributed by atoms with Gasteiger partial charge >= 0.3 is 6.36 Å². The Kier molecular flexibility index (Phi) is 3.80. The van der Waals surface area contributed by atoms with Crippen LogP contribution in [0.2, 0.25) is 10.0 Å². The Morgan fingerprint density at radius 2 is 2.00 bits per heavy atom. The molecule has 104 valence electrons. The summed E-state index contributed by atoms with van der Waals surface area (Å²) in [5.41, 5.74) is 0.773. The Bertz CT molecular complexity index is 613. The van der Waals surface area contributed by atoms with E-state index in [1.807, 2.05) is 6.92 Å². The van der Waals surface area contributed by atoms with Crippen LogP contribution in [0.1, 0.15) is 12.7 Å². The molecule has 1 aromatic heterocycles. The lowest BCUT2D eigenvalue weighted by molar-refractivity contribution is -0.444. The van der Waals surface area contributed by atoms with Crippen LogP contribution in [-0.4, -0.2) is 16.3 Å². The summed E-state index contributed by atoms with van der Waals surface area (Å²) in [5, 5.41) is -0.205. The molecule has 0 bridgehead atoms. The zero-order valence-electron chi connectivity index (χ0n) is 9.44. The minimum Gasteiger partial charge on any atom is -0.342 e. The number of fused-ring (bicyclic) bond motifs is 1. The molecule has 0 unspecified atom stereocenters. The van der Waals surface area contributed by atoms with E-state index in [-0.39, 0.29) is 15.8 Å². The molecule has 0 spiro atoms. The summed E-state index contributed by atoms with van der Waals surface area (Å²) in [6.07, 6.45) is -4.33. The van der Waals surface area contributed by atoms with Crippen LogP contribution >= 0.6 is 23.2 Å². The summed E-state index contributed by atoms with van der Waals surface area (Å²) in [6, 6.07) is 1.24. The number of nitrogens with zero attached hydrogens (tertiary/aromatic N) is 1. The number of hydrogen-bond acceptors (Lipinski definition) is 3. The van der Waals surface area contributed by atoms with Crippen molar-refractivity contribution in [2.45, 2.75) is 19.7 Å². The molecule has 0 amide bonds. The average molecular weight is 315 g/mol. The maximum atomic E-state index is 11.9. The van der Waals surface area contributed by atoms with E-state index in [9.17, 15) is 13.2 Å². The molecule has 4 nitrogen and oxygen atoms in total. The lowest BCUT2D eigenvalue weighted by atomic mass is 10.3. The zero-order valence-corrected chi connectivity index (χ0v) is 10.9. The van der Waals surface area contributed by atoms with Gasteiger partial charge in [0.05, 0.1) is 10.5 Å². The van der Waals surface area contributed by atoms with Crippen molar-refractivity contribution in [1.29, 1.82) is 0 Å². The molecular formula is C10H7Cl2F3N2O2. The highest BCUT2D eigenvalue weighted by Gasteiger charge is 2.33. The van der Waals surface area contributed by atoms with Crippen LogP contribution in [-0.2, 0) is 11.3 Å². The number of aryl methyl sites for hydroxylation is 1. The Hall–Kier alpha value is -1.18. The largest absolute Gasteiger partial charge is 0.558 e. The highest BCUT2D eigenvalue weighted by atomic mass is 35.5. The van der Waals surface area contributed by atoms with Gasteiger partial charge in [-0.1, -0.05) is 35.0 Å². The van der Waals surface area contributed by atoms with Crippen molar-refractivity contribution in [2.24, 2.45) is 0 Å². The fourth-order valence-corrected chi connectivity index (χ4v) is 1.85. The second kappa shape index (κ2) is 5.07. The zero-order chi connectivity index (χ0) is 14.2. The molecule has 1 N–H and O–H groups in total. The molecule has 0 fully saturated rings. The highest BCUT2D eigenvalue weighted by molar-refractivity contribution is 6.45. The van der Waals surface area contributed by atoms with E-state index >= 15 is 0 Å². The lowest BCUT2D eigenvalue weighted by Gasteiger charge is -2.09. The first-order chi connectivity index (χ1) is 8.81. The van der Waals surface area contributed by atoms with E-state index in [0.717, 1.165) is 0 Å². The maximum Gasteiger partial charge on any atom is 0.558 e. The standard InChI is InChI=1S/C10H7Cl2F3N2O2/c1-2-6-16-4-3-5(18-19-10(13,14)15)7(11)8(12)9(4)17-6/h3H,2H2,1H3,(H,16,17). The predicted octanol–water partition coefficient (Wildman–Crippen LogP) is 4.26. The van der Waals surface area contributed by atoms with Crippen LogP contribution in [0.4, 0.5) is 13.2 Å².